The second-order valence-electron chi connectivity index (χ2n) is 4.01. The number of amides is 1. The van der Waals surface area contributed by atoms with Crippen LogP contribution in [0.15, 0.2) is 29.3 Å². The van der Waals surface area contributed by atoms with Gasteiger partial charge in [0.05, 0.1) is 17.7 Å². The Labute approximate surface area is 126 Å². The number of hydrogen-bond donors (Lipinski definition) is 0. The zero-order valence-electron chi connectivity index (χ0n) is 10.9. The summed E-state index contributed by atoms with van der Waals surface area (Å²) in [7, 11) is 1.28. The second-order valence-corrected chi connectivity index (χ2v) is 5.68. The number of pyridine rings is 1. The van der Waals surface area contributed by atoms with Crippen molar-refractivity contribution < 1.29 is 14.3 Å². The highest BCUT2D eigenvalue weighted by molar-refractivity contribution is 8.26. The summed E-state index contributed by atoms with van der Waals surface area (Å²) in [6.07, 6.45) is 3.30. The van der Waals surface area contributed by atoms with Crippen LogP contribution >= 0.6 is 24.0 Å². The van der Waals surface area contributed by atoms with E-state index in [1.54, 1.807) is 31.3 Å². The molecule has 1 aromatic heterocycles. The molecule has 2 heterocycles. The van der Waals surface area contributed by atoms with Crippen LogP contribution in [-0.4, -0.2) is 39.2 Å². The molecule has 5 nitrogen and oxygen atoms in total. The number of esters is 1. The SMILES string of the molecule is COC(=O)C(C)N1C(=O)C(=Cc2ccccn2)SC1=S. The van der Waals surface area contributed by atoms with E-state index >= 15 is 0 Å². The fourth-order valence-corrected chi connectivity index (χ4v) is 3.09. The standard InChI is InChI=1S/C13H12N2O3S2/c1-8(12(17)18-2)15-11(16)10(20-13(15)19)7-9-5-3-4-6-14-9/h3-8H,1-2H3. The van der Waals surface area contributed by atoms with Crippen molar-refractivity contribution in [3.05, 3.63) is 35.0 Å². The quantitative estimate of drug-likeness (QED) is 0.482. The highest BCUT2D eigenvalue weighted by atomic mass is 32.2. The minimum Gasteiger partial charge on any atom is -0.467 e. The molecule has 7 heteroatoms. The second kappa shape index (κ2) is 6.15. The number of carbonyl (C=O) groups excluding carboxylic acids is 2. The minimum atomic E-state index is -0.734. The van der Waals surface area contributed by atoms with Crippen LogP contribution in [0, 0.1) is 0 Å². The van der Waals surface area contributed by atoms with E-state index in [0.717, 1.165) is 11.8 Å². The first-order valence-electron chi connectivity index (χ1n) is 5.80. The maximum Gasteiger partial charge on any atom is 0.328 e. The van der Waals surface area contributed by atoms with Crippen molar-refractivity contribution in [2.45, 2.75) is 13.0 Å². The number of carbonyl (C=O) groups is 2. The molecule has 0 aromatic carbocycles. The van der Waals surface area contributed by atoms with Crippen LogP contribution < -0.4 is 0 Å². The first-order valence-corrected chi connectivity index (χ1v) is 7.03. The zero-order chi connectivity index (χ0) is 14.7. The van der Waals surface area contributed by atoms with Crippen molar-refractivity contribution in [3.63, 3.8) is 0 Å². The van der Waals surface area contributed by atoms with Crippen LogP contribution in [0.5, 0.6) is 0 Å². The Morgan fingerprint density at radius 1 is 1.55 bits per heavy atom. The van der Waals surface area contributed by atoms with Gasteiger partial charge in [0.2, 0.25) is 0 Å². The molecule has 1 aromatic rings. The number of aromatic nitrogens is 1. The molecule has 20 heavy (non-hydrogen) atoms. The molecule has 1 atom stereocenters. The fourth-order valence-electron chi connectivity index (χ4n) is 1.69. The van der Waals surface area contributed by atoms with E-state index in [1.165, 1.54) is 12.0 Å². The number of thioether (sulfide) groups is 1. The minimum absolute atomic E-state index is 0.302. The van der Waals surface area contributed by atoms with Crippen molar-refractivity contribution >= 4 is 46.3 Å². The molecule has 1 saturated heterocycles. The maximum absolute atomic E-state index is 12.3. The van der Waals surface area contributed by atoms with Crippen molar-refractivity contribution in [1.82, 2.24) is 9.88 Å². The van der Waals surface area contributed by atoms with Gasteiger partial charge in [-0.15, -0.1) is 0 Å². The van der Waals surface area contributed by atoms with Gasteiger partial charge in [0.15, 0.2) is 0 Å². The predicted molar refractivity (Wildman–Crippen MR) is 80.7 cm³/mol. The van der Waals surface area contributed by atoms with E-state index in [9.17, 15) is 9.59 Å². The highest BCUT2D eigenvalue weighted by Crippen LogP contribution is 2.33. The van der Waals surface area contributed by atoms with Gasteiger partial charge in [0.25, 0.3) is 5.91 Å². The molecule has 1 amide bonds. The molecular weight excluding hydrogens is 296 g/mol. The fraction of sp³-hybridized carbons (Fsp3) is 0.231. The molecule has 2 rings (SSSR count). The topological polar surface area (TPSA) is 59.5 Å². The molecular formula is C13H12N2O3S2. The summed E-state index contributed by atoms with van der Waals surface area (Å²) >= 11 is 6.31. The van der Waals surface area contributed by atoms with Crippen molar-refractivity contribution in [3.8, 4) is 0 Å². The molecule has 0 N–H and O–H groups in total. The lowest BCUT2D eigenvalue weighted by Gasteiger charge is -2.20. The Kier molecular flexibility index (Phi) is 4.51. The molecule has 0 bridgehead atoms. The first kappa shape index (κ1) is 14.7. The Balaban J connectivity index is 2.25. The maximum atomic E-state index is 12.3. The van der Waals surface area contributed by atoms with E-state index in [4.69, 9.17) is 12.2 Å². The monoisotopic (exact) mass is 308 g/mol. The Morgan fingerprint density at radius 3 is 2.90 bits per heavy atom. The number of methoxy groups -OCH3 is 1. The normalized spacial score (nSPS) is 18.5. The summed E-state index contributed by atoms with van der Waals surface area (Å²) in [6.45, 7) is 1.58. The third-order valence-corrected chi connectivity index (χ3v) is 4.05. The van der Waals surface area contributed by atoms with Crippen molar-refractivity contribution in [2.75, 3.05) is 7.11 Å². The van der Waals surface area contributed by atoms with Gasteiger partial charge in [-0.2, -0.15) is 0 Å². The summed E-state index contributed by atoms with van der Waals surface area (Å²) < 4.78 is 4.98. The van der Waals surface area contributed by atoms with Gasteiger partial charge in [-0.3, -0.25) is 14.7 Å². The number of hydrogen-bond acceptors (Lipinski definition) is 6. The number of nitrogens with zero attached hydrogens (tertiary/aromatic N) is 2. The molecule has 1 aliphatic heterocycles. The van der Waals surface area contributed by atoms with Gasteiger partial charge in [-0.25, -0.2) is 4.79 Å². The summed E-state index contributed by atoms with van der Waals surface area (Å²) in [5.41, 5.74) is 0.665. The number of thiocarbonyl (C=S) groups is 1. The molecule has 1 unspecified atom stereocenters. The lowest BCUT2D eigenvalue weighted by molar-refractivity contribution is -0.147. The van der Waals surface area contributed by atoms with Crippen LogP contribution in [0.4, 0.5) is 0 Å². The molecule has 0 saturated carbocycles. The van der Waals surface area contributed by atoms with E-state index < -0.39 is 12.0 Å². The van der Waals surface area contributed by atoms with Gasteiger partial charge >= 0.3 is 5.97 Å². The predicted octanol–water partition coefficient (Wildman–Crippen LogP) is 1.84. The molecule has 104 valence electrons. The lowest BCUT2D eigenvalue weighted by Crippen LogP contribution is -2.42. The van der Waals surface area contributed by atoms with Crippen LogP contribution in [0.3, 0.4) is 0 Å². The van der Waals surface area contributed by atoms with Gasteiger partial charge in [-0.05, 0) is 25.1 Å². The molecule has 0 radical (unpaired) electrons. The number of ether oxygens (including phenoxy) is 1. The Bertz CT molecular complexity index is 587. The summed E-state index contributed by atoms with van der Waals surface area (Å²) in [5.74, 6) is -0.802. The summed E-state index contributed by atoms with van der Waals surface area (Å²) in [5, 5.41) is 0. The smallest absolute Gasteiger partial charge is 0.328 e. The Morgan fingerprint density at radius 2 is 2.30 bits per heavy atom. The summed E-state index contributed by atoms with van der Waals surface area (Å²) in [6, 6.07) is 4.68. The van der Waals surface area contributed by atoms with E-state index in [-0.39, 0.29) is 5.91 Å². The van der Waals surface area contributed by atoms with Crippen molar-refractivity contribution in [1.29, 1.82) is 0 Å². The highest BCUT2D eigenvalue weighted by Gasteiger charge is 2.38. The summed E-state index contributed by atoms with van der Waals surface area (Å²) in [4.78, 5) is 29.7. The third kappa shape index (κ3) is 2.88. The van der Waals surface area contributed by atoms with Crippen LogP contribution in [0.2, 0.25) is 0 Å². The van der Waals surface area contributed by atoms with E-state index in [2.05, 4.69) is 9.72 Å². The van der Waals surface area contributed by atoms with E-state index in [1.807, 2.05) is 6.07 Å². The van der Waals surface area contributed by atoms with Gasteiger partial charge < -0.3 is 4.74 Å². The number of rotatable bonds is 3. The van der Waals surface area contributed by atoms with Gasteiger partial charge in [0.1, 0.15) is 10.4 Å². The zero-order valence-corrected chi connectivity index (χ0v) is 12.5. The van der Waals surface area contributed by atoms with E-state index in [0.29, 0.717) is 14.9 Å². The molecule has 0 aliphatic carbocycles. The first-order chi connectivity index (χ1) is 9.54. The lowest BCUT2D eigenvalue weighted by atomic mass is 10.2. The van der Waals surface area contributed by atoms with Gasteiger partial charge in [-0.1, -0.05) is 30.0 Å². The third-order valence-electron chi connectivity index (χ3n) is 2.72. The Hall–Kier alpha value is -1.73. The largest absolute Gasteiger partial charge is 0.467 e. The molecule has 1 fully saturated rings. The molecule has 0 spiro atoms. The van der Waals surface area contributed by atoms with Crippen LogP contribution in [0.25, 0.3) is 6.08 Å². The van der Waals surface area contributed by atoms with Crippen LogP contribution in [-0.2, 0) is 14.3 Å². The average Bonchev–Trinajstić information content (AvgIpc) is 2.73. The van der Waals surface area contributed by atoms with Crippen LogP contribution in [0.1, 0.15) is 12.6 Å². The average molecular weight is 308 g/mol. The van der Waals surface area contributed by atoms with Crippen molar-refractivity contribution in [2.24, 2.45) is 0 Å². The molecule has 1 aliphatic rings. The van der Waals surface area contributed by atoms with Gasteiger partial charge in [0, 0.05) is 6.20 Å².